The van der Waals surface area contributed by atoms with Crippen molar-refractivity contribution in [2.24, 2.45) is 5.73 Å². The summed E-state index contributed by atoms with van der Waals surface area (Å²) in [7, 11) is -4.68. The number of amides is 1. The molecule has 0 saturated carbocycles. The molecule has 0 aromatic heterocycles. The van der Waals surface area contributed by atoms with Gasteiger partial charge in [0.1, 0.15) is 6.04 Å². The molecule has 144 valence electrons. The van der Waals surface area contributed by atoms with Gasteiger partial charge in [0.15, 0.2) is 0 Å². The van der Waals surface area contributed by atoms with Gasteiger partial charge in [0.25, 0.3) is 0 Å². The van der Waals surface area contributed by atoms with E-state index in [1.54, 1.807) is 24.3 Å². The maximum Gasteiger partial charge on any atom is 0.417 e. The number of halogens is 4. The molecule has 0 radical (unpaired) electrons. The van der Waals surface area contributed by atoms with Crippen molar-refractivity contribution in [3.63, 3.8) is 0 Å². The minimum absolute atomic E-state index is 0.0142. The first-order valence-corrected chi connectivity index (χ1v) is 9.58. The van der Waals surface area contributed by atoms with Gasteiger partial charge >= 0.3 is 6.18 Å². The zero-order valence-corrected chi connectivity index (χ0v) is 15.3. The van der Waals surface area contributed by atoms with Gasteiger partial charge in [-0.2, -0.15) is 17.5 Å². The molecule has 0 bridgehead atoms. The van der Waals surface area contributed by atoms with Crippen LogP contribution >= 0.6 is 11.6 Å². The van der Waals surface area contributed by atoms with E-state index in [-0.39, 0.29) is 18.0 Å². The topological polar surface area (TPSA) is 80.5 Å². The number of carbonyl (C=O) groups excluding carboxylic acids is 1. The second-order valence-corrected chi connectivity index (χ2v) is 8.37. The molecule has 2 N–H and O–H groups in total. The van der Waals surface area contributed by atoms with Crippen LogP contribution in [0.5, 0.6) is 0 Å². The average Bonchev–Trinajstić information content (AvgIpc) is 2.59. The van der Waals surface area contributed by atoms with Crippen LogP contribution < -0.4 is 5.73 Å². The number of nitrogens with zero attached hydrogens (tertiary/aromatic N) is 1. The monoisotopic (exact) mass is 418 g/mol. The fourth-order valence-corrected chi connectivity index (χ4v) is 5.01. The fourth-order valence-electron chi connectivity index (χ4n) is 3.07. The molecule has 0 saturated heterocycles. The van der Waals surface area contributed by atoms with E-state index in [1.165, 1.54) is 0 Å². The molecule has 1 aliphatic rings. The summed E-state index contributed by atoms with van der Waals surface area (Å²) in [5.41, 5.74) is 5.28. The Morgan fingerprint density at radius 1 is 1.15 bits per heavy atom. The van der Waals surface area contributed by atoms with Crippen LogP contribution in [0.2, 0.25) is 5.02 Å². The SMILES string of the molecule is NC(=O)C1Cc2ccccc2CN1S(=O)(=O)c1ccc(Cl)cc1C(F)(F)F. The van der Waals surface area contributed by atoms with Gasteiger partial charge in [-0.05, 0) is 35.7 Å². The normalized spacial score (nSPS) is 18.1. The number of sulfonamides is 1. The summed E-state index contributed by atoms with van der Waals surface area (Å²) in [6.07, 6.45) is -4.96. The Morgan fingerprint density at radius 2 is 1.78 bits per heavy atom. The number of hydrogen-bond donors (Lipinski definition) is 1. The molecule has 10 heteroatoms. The zero-order chi connectivity index (χ0) is 20.0. The van der Waals surface area contributed by atoms with Crippen LogP contribution in [0, 0.1) is 0 Å². The number of hydrogen-bond acceptors (Lipinski definition) is 3. The lowest BCUT2D eigenvalue weighted by molar-refractivity contribution is -0.139. The molecule has 0 spiro atoms. The predicted octanol–water partition coefficient (Wildman–Crippen LogP) is 2.96. The number of nitrogens with two attached hydrogens (primary N) is 1. The molecular weight excluding hydrogens is 405 g/mol. The Balaban J connectivity index is 2.16. The van der Waals surface area contributed by atoms with Crippen molar-refractivity contribution in [2.45, 2.75) is 30.1 Å². The first-order valence-electron chi connectivity index (χ1n) is 7.76. The summed E-state index contributed by atoms with van der Waals surface area (Å²) in [5.74, 6) is -0.935. The molecule has 0 aliphatic carbocycles. The van der Waals surface area contributed by atoms with Crippen LogP contribution in [-0.2, 0) is 34.0 Å². The maximum atomic E-state index is 13.4. The number of primary amides is 1. The summed E-state index contributed by atoms with van der Waals surface area (Å²) < 4.78 is 67.0. The minimum Gasteiger partial charge on any atom is -0.368 e. The number of carbonyl (C=O) groups is 1. The van der Waals surface area contributed by atoms with E-state index >= 15 is 0 Å². The summed E-state index contributed by atoms with van der Waals surface area (Å²) in [6, 6.07) is 7.88. The highest BCUT2D eigenvalue weighted by Crippen LogP contribution is 2.38. The van der Waals surface area contributed by atoms with E-state index < -0.39 is 38.6 Å². The van der Waals surface area contributed by atoms with E-state index in [0.29, 0.717) is 11.6 Å². The Hall–Kier alpha value is -2.10. The lowest BCUT2D eigenvalue weighted by atomic mass is 9.96. The number of alkyl halides is 3. The molecular formula is C17H14ClF3N2O3S. The van der Waals surface area contributed by atoms with E-state index in [1.807, 2.05) is 0 Å². The Bertz CT molecular complexity index is 1010. The Kier molecular flexibility index (Phi) is 4.96. The van der Waals surface area contributed by atoms with Gasteiger partial charge in [-0.1, -0.05) is 35.9 Å². The van der Waals surface area contributed by atoms with Gasteiger partial charge in [0, 0.05) is 11.6 Å². The van der Waals surface area contributed by atoms with Crippen LogP contribution in [0.4, 0.5) is 13.2 Å². The summed E-state index contributed by atoms with van der Waals surface area (Å²) >= 11 is 5.62. The summed E-state index contributed by atoms with van der Waals surface area (Å²) in [4.78, 5) is 10.9. The van der Waals surface area contributed by atoms with Crippen molar-refractivity contribution >= 4 is 27.5 Å². The number of fused-ring (bicyclic) bond motifs is 1. The maximum absolute atomic E-state index is 13.4. The third kappa shape index (κ3) is 3.67. The van der Waals surface area contributed by atoms with Crippen LogP contribution in [0.3, 0.4) is 0 Å². The third-order valence-corrected chi connectivity index (χ3v) is 6.52. The minimum atomic E-state index is -4.94. The summed E-state index contributed by atoms with van der Waals surface area (Å²) in [6.45, 7) is -0.258. The van der Waals surface area contributed by atoms with Gasteiger partial charge < -0.3 is 5.73 Å². The molecule has 2 aromatic rings. The Labute approximate surface area is 158 Å². The molecule has 27 heavy (non-hydrogen) atoms. The molecule has 5 nitrogen and oxygen atoms in total. The average molecular weight is 419 g/mol. The molecule has 1 heterocycles. The fraction of sp³-hybridized carbons (Fsp3) is 0.235. The molecule has 1 atom stereocenters. The third-order valence-electron chi connectivity index (χ3n) is 4.37. The molecule has 2 aromatic carbocycles. The van der Waals surface area contributed by atoms with Crippen molar-refractivity contribution in [3.8, 4) is 0 Å². The lowest BCUT2D eigenvalue weighted by Gasteiger charge is -2.34. The highest BCUT2D eigenvalue weighted by molar-refractivity contribution is 7.89. The van der Waals surface area contributed by atoms with Gasteiger partial charge in [0.2, 0.25) is 15.9 Å². The standard InChI is InChI=1S/C17H14ClF3N2O3S/c18-12-5-6-15(13(8-12)17(19,20)21)27(25,26)23-9-11-4-2-1-3-10(11)7-14(23)16(22)24/h1-6,8,14H,7,9H2,(H2,22,24). The molecule has 3 rings (SSSR count). The quantitative estimate of drug-likeness (QED) is 0.832. The molecule has 1 unspecified atom stereocenters. The first kappa shape index (κ1) is 19.7. The van der Waals surface area contributed by atoms with E-state index in [0.717, 1.165) is 22.0 Å². The van der Waals surface area contributed by atoms with E-state index in [9.17, 15) is 26.4 Å². The van der Waals surface area contributed by atoms with Crippen molar-refractivity contribution in [1.29, 1.82) is 0 Å². The predicted molar refractivity (Wildman–Crippen MR) is 92.3 cm³/mol. The van der Waals surface area contributed by atoms with Gasteiger partial charge in [0.05, 0.1) is 10.5 Å². The highest BCUT2D eigenvalue weighted by atomic mass is 35.5. The van der Waals surface area contributed by atoms with E-state index in [2.05, 4.69) is 0 Å². The highest BCUT2D eigenvalue weighted by Gasteiger charge is 2.43. The summed E-state index contributed by atoms with van der Waals surface area (Å²) in [5, 5.41) is -0.253. The Morgan fingerprint density at radius 3 is 2.37 bits per heavy atom. The van der Waals surface area contributed by atoms with Crippen LogP contribution in [0.25, 0.3) is 0 Å². The number of benzene rings is 2. The second kappa shape index (κ2) is 6.81. The first-order chi connectivity index (χ1) is 12.5. The van der Waals surface area contributed by atoms with Crippen LogP contribution in [-0.4, -0.2) is 24.7 Å². The van der Waals surface area contributed by atoms with Crippen LogP contribution in [0.1, 0.15) is 16.7 Å². The van der Waals surface area contributed by atoms with Crippen molar-refractivity contribution < 1.29 is 26.4 Å². The van der Waals surface area contributed by atoms with Gasteiger partial charge in [-0.15, -0.1) is 0 Å². The molecule has 1 amide bonds. The second-order valence-electron chi connectivity index (χ2n) is 6.08. The number of rotatable bonds is 3. The van der Waals surface area contributed by atoms with Crippen molar-refractivity contribution in [2.75, 3.05) is 0 Å². The molecule has 1 aliphatic heterocycles. The van der Waals surface area contributed by atoms with E-state index in [4.69, 9.17) is 17.3 Å². The smallest absolute Gasteiger partial charge is 0.368 e. The van der Waals surface area contributed by atoms with Gasteiger partial charge in [-0.3, -0.25) is 4.79 Å². The van der Waals surface area contributed by atoms with Crippen molar-refractivity contribution in [1.82, 2.24) is 4.31 Å². The zero-order valence-electron chi connectivity index (χ0n) is 13.7. The van der Waals surface area contributed by atoms with Gasteiger partial charge in [-0.25, -0.2) is 8.42 Å². The lowest BCUT2D eigenvalue weighted by Crippen LogP contribution is -2.51. The molecule has 0 fully saturated rings. The van der Waals surface area contributed by atoms with Crippen LogP contribution in [0.15, 0.2) is 47.4 Å². The largest absolute Gasteiger partial charge is 0.417 e. The van der Waals surface area contributed by atoms with Crippen molar-refractivity contribution in [3.05, 3.63) is 64.2 Å².